The van der Waals surface area contributed by atoms with Gasteiger partial charge in [0.05, 0.1) is 12.2 Å². The fourth-order valence-corrected chi connectivity index (χ4v) is 1.03. The zero-order valence-electron chi connectivity index (χ0n) is 7.73. The molecule has 0 bridgehead atoms. The lowest BCUT2D eigenvalue weighted by Crippen LogP contribution is -2.28. The molecule has 0 spiro atoms. The van der Waals surface area contributed by atoms with Crippen molar-refractivity contribution in [2.24, 2.45) is 5.92 Å². The van der Waals surface area contributed by atoms with Gasteiger partial charge >= 0.3 is 0 Å². The molecule has 0 aliphatic heterocycles. The summed E-state index contributed by atoms with van der Waals surface area (Å²) in [7, 11) is 0. The molecule has 0 aromatic carbocycles. The Morgan fingerprint density at radius 2 is 1.91 bits per heavy atom. The summed E-state index contributed by atoms with van der Waals surface area (Å²) in [5.41, 5.74) is -0.0947. The van der Waals surface area contributed by atoms with Gasteiger partial charge in [0.15, 0.2) is 0 Å². The Kier molecular flexibility index (Phi) is 2.94. The Morgan fingerprint density at radius 1 is 1.36 bits per heavy atom. The summed E-state index contributed by atoms with van der Waals surface area (Å²) in [6, 6.07) is 0. The third-order valence-electron chi connectivity index (χ3n) is 2.61. The van der Waals surface area contributed by atoms with Crippen LogP contribution >= 0.6 is 0 Å². The van der Waals surface area contributed by atoms with Gasteiger partial charge in [0.25, 0.3) is 0 Å². The summed E-state index contributed by atoms with van der Waals surface area (Å²) in [6.45, 7) is 9.30. The van der Waals surface area contributed by atoms with Crippen LogP contribution in [0.1, 0.15) is 39.5 Å². The molecule has 0 N–H and O–H groups in total. The second kappa shape index (κ2) is 3.57. The van der Waals surface area contributed by atoms with Gasteiger partial charge < -0.3 is 4.74 Å². The van der Waals surface area contributed by atoms with Crippen molar-refractivity contribution in [1.29, 1.82) is 0 Å². The summed E-state index contributed by atoms with van der Waals surface area (Å²) in [5, 5.41) is 0. The highest BCUT2D eigenvalue weighted by Crippen LogP contribution is 2.31. The van der Waals surface area contributed by atoms with Crippen LogP contribution in [-0.2, 0) is 4.74 Å². The van der Waals surface area contributed by atoms with Crippen molar-refractivity contribution in [2.45, 2.75) is 45.1 Å². The standard InChI is InChI=1S/C10H19O/c1-4-10(3,5-2)11-8-9-6-7-9/h9H,3-8H2,1-2H3. The molecule has 11 heavy (non-hydrogen) atoms. The highest BCUT2D eigenvalue weighted by molar-refractivity contribution is 4.82. The van der Waals surface area contributed by atoms with Crippen molar-refractivity contribution in [2.75, 3.05) is 6.61 Å². The molecule has 0 atom stereocenters. The van der Waals surface area contributed by atoms with Crippen LogP contribution in [0.2, 0.25) is 0 Å². The monoisotopic (exact) mass is 155 g/mol. The number of hydrogen-bond donors (Lipinski definition) is 0. The van der Waals surface area contributed by atoms with E-state index in [1.54, 1.807) is 0 Å². The first-order valence-electron chi connectivity index (χ1n) is 4.69. The molecule has 1 rings (SSSR count). The average molecular weight is 155 g/mol. The highest BCUT2D eigenvalue weighted by atomic mass is 16.5. The van der Waals surface area contributed by atoms with Crippen molar-refractivity contribution in [3.8, 4) is 0 Å². The van der Waals surface area contributed by atoms with Crippen LogP contribution in [0, 0.1) is 12.8 Å². The second-order valence-corrected chi connectivity index (χ2v) is 3.64. The maximum absolute atomic E-state index is 5.74. The third-order valence-corrected chi connectivity index (χ3v) is 2.61. The number of hydrogen-bond acceptors (Lipinski definition) is 1. The zero-order valence-corrected chi connectivity index (χ0v) is 7.73. The van der Waals surface area contributed by atoms with E-state index in [9.17, 15) is 0 Å². The molecule has 1 saturated carbocycles. The molecule has 0 saturated heterocycles. The predicted octanol–water partition coefficient (Wildman–Crippen LogP) is 2.81. The number of rotatable bonds is 5. The molecule has 0 heterocycles. The van der Waals surface area contributed by atoms with Crippen LogP contribution in [0.25, 0.3) is 0 Å². The van der Waals surface area contributed by atoms with Crippen molar-refractivity contribution in [1.82, 2.24) is 0 Å². The Morgan fingerprint density at radius 3 is 2.27 bits per heavy atom. The summed E-state index contributed by atoms with van der Waals surface area (Å²) in [4.78, 5) is 0. The molecule has 0 aromatic heterocycles. The fraction of sp³-hybridized carbons (Fsp3) is 0.900. The molecular formula is C10H19O. The fourth-order valence-electron chi connectivity index (χ4n) is 1.03. The average Bonchev–Trinajstić information content (AvgIpc) is 2.83. The lowest BCUT2D eigenvalue weighted by atomic mass is 10.0. The van der Waals surface area contributed by atoms with E-state index >= 15 is 0 Å². The molecule has 1 heteroatoms. The van der Waals surface area contributed by atoms with Gasteiger partial charge in [0, 0.05) is 0 Å². The quantitative estimate of drug-likeness (QED) is 0.593. The third kappa shape index (κ3) is 2.82. The minimum absolute atomic E-state index is 0.0947. The first-order chi connectivity index (χ1) is 5.20. The topological polar surface area (TPSA) is 9.23 Å². The normalized spacial score (nSPS) is 18.8. The molecular weight excluding hydrogens is 136 g/mol. The van der Waals surface area contributed by atoms with E-state index in [1.807, 2.05) is 0 Å². The van der Waals surface area contributed by atoms with E-state index in [0.29, 0.717) is 0 Å². The van der Waals surface area contributed by atoms with Gasteiger partial charge in [-0.2, -0.15) is 0 Å². The maximum Gasteiger partial charge on any atom is 0.0678 e. The summed E-state index contributed by atoms with van der Waals surface area (Å²) in [5.74, 6) is 0.856. The largest absolute Gasteiger partial charge is 0.375 e. The van der Waals surface area contributed by atoms with E-state index in [-0.39, 0.29) is 5.60 Å². The van der Waals surface area contributed by atoms with Crippen molar-refractivity contribution < 1.29 is 4.74 Å². The van der Waals surface area contributed by atoms with E-state index in [2.05, 4.69) is 20.8 Å². The van der Waals surface area contributed by atoms with Gasteiger partial charge in [-0.05, 0) is 38.5 Å². The van der Waals surface area contributed by atoms with E-state index < -0.39 is 0 Å². The highest BCUT2D eigenvalue weighted by Gasteiger charge is 2.27. The minimum Gasteiger partial charge on any atom is -0.375 e. The molecule has 0 unspecified atom stereocenters. The molecule has 0 amide bonds. The smallest absolute Gasteiger partial charge is 0.0678 e. The summed E-state index contributed by atoms with van der Waals surface area (Å²) < 4.78 is 5.74. The van der Waals surface area contributed by atoms with Crippen molar-refractivity contribution >= 4 is 0 Å². The maximum atomic E-state index is 5.74. The molecule has 1 aliphatic carbocycles. The molecule has 1 fully saturated rings. The SMILES string of the molecule is [CH2]C(CC)(CC)OCC1CC1. The predicted molar refractivity (Wildman–Crippen MR) is 47.3 cm³/mol. The van der Waals surface area contributed by atoms with Crippen LogP contribution in [0.5, 0.6) is 0 Å². The Labute approximate surface area is 70.1 Å². The lowest BCUT2D eigenvalue weighted by Gasteiger charge is -2.26. The summed E-state index contributed by atoms with van der Waals surface area (Å²) >= 11 is 0. The molecule has 0 aromatic rings. The molecule has 1 nitrogen and oxygen atoms in total. The molecule has 1 aliphatic rings. The van der Waals surface area contributed by atoms with Gasteiger partial charge in [-0.25, -0.2) is 0 Å². The van der Waals surface area contributed by atoms with Crippen LogP contribution in [0.15, 0.2) is 0 Å². The van der Waals surface area contributed by atoms with Gasteiger partial charge in [0.2, 0.25) is 0 Å². The van der Waals surface area contributed by atoms with E-state index in [0.717, 1.165) is 25.4 Å². The van der Waals surface area contributed by atoms with Crippen molar-refractivity contribution in [3.05, 3.63) is 6.92 Å². The van der Waals surface area contributed by atoms with E-state index in [4.69, 9.17) is 4.74 Å². The minimum atomic E-state index is -0.0947. The van der Waals surface area contributed by atoms with Crippen molar-refractivity contribution in [3.63, 3.8) is 0 Å². The first-order valence-corrected chi connectivity index (χ1v) is 4.69. The van der Waals surface area contributed by atoms with Gasteiger partial charge in [-0.1, -0.05) is 13.8 Å². The van der Waals surface area contributed by atoms with Gasteiger partial charge in [-0.15, -0.1) is 0 Å². The Hall–Kier alpha value is -0.0400. The molecule has 1 radical (unpaired) electrons. The number of ether oxygens (including phenoxy) is 1. The second-order valence-electron chi connectivity index (χ2n) is 3.64. The van der Waals surface area contributed by atoms with Gasteiger partial charge in [-0.3, -0.25) is 0 Å². The van der Waals surface area contributed by atoms with Crippen LogP contribution < -0.4 is 0 Å². The van der Waals surface area contributed by atoms with Crippen LogP contribution in [0.4, 0.5) is 0 Å². The lowest BCUT2D eigenvalue weighted by molar-refractivity contribution is -0.0219. The van der Waals surface area contributed by atoms with Crippen LogP contribution in [0.3, 0.4) is 0 Å². The Bertz CT molecular complexity index is 112. The van der Waals surface area contributed by atoms with E-state index in [1.165, 1.54) is 12.8 Å². The zero-order chi connectivity index (χ0) is 8.32. The van der Waals surface area contributed by atoms with Crippen LogP contribution in [-0.4, -0.2) is 12.2 Å². The molecule has 65 valence electrons. The first kappa shape index (κ1) is 9.05. The van der Waals surface area contributed by atoms with Gasteiger partial charge in [0.1, 0.15) is 0 Å². The summed E-state index contributed by atoms with van der Waals surface area (Å²) in [6.07, 6.45) is 4.78. The Balaban J connectivity index is 2.18.